The van der Waals surface area contributed by atoms with Crippen molar-refractivity contribution in [1.82, 2.24) is 0 Å². The lowest BCUT2D eigenvalue weighted by molar-refractivity contribution is 0.271. The molecule has 0 spiro atoms. The van der Waals surface area contributed by atoms with Crippen molar-refractivity contribution in [2.24, 2.45) is 5.73 Å². The average Bonchev–Trinajstić information content (AvgIpc) is 2.46. The van der Waals surface area contributed by atoms with E-state index in [4.69, 9.17) is 5.73 Å². The number of anilines is 1. The fourth-order valence-corrected chi connectivity index (χ4v) is 4.59. The Kier molecular flexibility index (Phi) is 3.43. The van der Waals surface area contributed by atoms with Gasteiger partial charge in [0.15, 0.2) is 0 Å². The summed E-state index contributed by atoms with van der Waals surface area (Å²) in [6.07, 6.45) is 6.24. The maximum atomic E-state index is 6.24. The Morgan fingerprint density at radius 1 is 0.952 bits per heavy atom. The third-order valence-corrected chi connectivity index (χ3v) is 5.59. The van der Waals surface area contributed by atoms with Gasteiger partial charge in [-0.3, -0.25) is 0 Å². The fraction of sp³-hybridized carbons (Fsp3) is 0.444. The number of hydrogen-bond acceptors (Lipinski definition) is 2. The Labute approximate surface area is 134 Å². The highest BCUT2D eigenvalue weighted by molar-refractivity contribution is 9.10. The third kappa shape index (κ3) is 2.47. The van der Waals surface area contributed by atoms with Crippen LogP contribution in [0.15, 0.2) is 40.9 Å². The van der Waals surface area contributed by atoms with Crippen LogP contribution in [0.4, 0.5) is 5.69 Å². The Hall–Kier alpha value is -1.06. The highest BCUT2D eigenvalue weighted by Crippen LogP contribution is 2.38. The molecule has 2 saturated heterocycles. The van der Waals surface area contributed by atoms with Gasteiger partial charge < -0.3 is 10.6 Å². The summed E-state index contributed by atoms with van der Waals surface area (Å²) in [7, 11) is 0. The molecule has 2 aromatic carbocycles. The molecule has 21 heavy (non-hydrogen) atoms. The molecule has 0 aliphatic carbocycles. The van der Waals surface area contributed by atoms with Crippen LogP contribution in [0.25, 0.3) is 10.8 Å². The largest absolute Gasteiger partial charge is 0.365 e. The second-order valence-corrected chi connectivity index (χ2v) is 7.47. The van der Waals surface area contributed by atoms with Gasteiger partial charge in [-0.15, -0.1) is 0 Å². The van der Waals surface area contributed by atoms with E-state index >= 15 is 0 Å². The van der Waals surface area contributed by atoms with E-state index in [0.29, 0.717) is 18.1 Å². The van der Waals surface area contributed by atoms with E-state index in [1.54, 1.807) is 0 Å². The van der Waals surface area contributed by atoms with E-state index in [9.17, 15) is 0 Å². The summed E-state index contributed by atoms with van der Waals surface area (Å²) in [6.45, 7) is 0. The molecule has 2 heterocycles. The predicted molar refractivity (Wildman–Crippen MR) is 92.8 cm³/mol. The first-order valence-electron chi connectivity index (χ1n) is 7.94. The molecule has 0 amide bonds. The first-order chi connectivity index (χ1) is 10.2. The molecule has 2 unspecified atom stereocenters. The van der Waals surface area contributed by atoms with Crippen molar-refractivity contribution in [2.75, 3.05) is 4.90 Å². The molecule has 0 saturated carbocycles. The van der Waals surface area contributed by atoms with Crippen molar-refractivity contribution < 1.29 is 0 Å². The predicted octanol–water partition coefficient (Wildman–Crippen LogP) is 4.45. The first kappa shape index (κ1) is 13.6. The molecule has 3 heteroatoms. The molecule has 2 aliphatic heterocycles. The zero-order valence-corrected chi connectivity index (χ0v) is 13.7. The molecule has 2 bridgehead atoms. The minimum atomic E-state index is 0.396. The Balaban J connectivity index is 1.73. The van der Waals surface area contributed by atoms with Gasteiger partial charge in [-0.05, 0) is 67.1 Å². The van der Waals surface area contributed by atoms with Crippen molar-refractivity contribution in [3.63, 3.8) is 0 Å². The van der Waals surface area contributed by atoms with Crippen LogP contribution in [-0.4, -0.2) is 18.1 Å². The van der Waals surface area contributed by atoms with Crippen LogP contribution in [0, 0.1) is 0 Å². The molecule has 0 aromatic heterocycles. The van der Waals surface area contributed by atoms with Crippen molar-refractivity contribution in [2.45, 2.75) is 50.2 Å². The Bertz CT molecular complexity index is 655. The Morgan fingerprint density at radius 2 is 1.62 bits per heavy atom. The number of hydrogen-bond donors (Lipinski definition) is 1. The Morgan fingerprint density at radius 3 is 2.38 bits per heavy atom. The average molecular weight is 345 g/mol. The smallest absolute Gasteiger partial charge is 0.0377 e. The molecule has 0 radical (unpaired) electrons. The topological polar surface area (TPSA) is 29.3 Å². The monoisotopic (exact) mass is 344 g/mol. The second-order valence-electron chi connectivity index (χ2n) is 6.55. The molecule has 2 N–H and O–H groups in total. The van der Waals surface area contributed by atoms with Gasteiger partial charge in [0.05, 0.1) is 0 Å². The number of halogens is 1. The maximum absolute atomic E-state index is 6.24. The fourth-order valence-electron chi connectivity index (χ4n) is 4.21. The lowest BCUT2D eigenvalue weighted by Gasteiger charge is -2.49. The third-order valence-electron chi connectivity index (χ3n) is 5.10. The van der Waals surface area contributed by atoms with Crippen LogP contribution in [0.5, 0.6) is 0 Å². The molecule has 4 rings (SSSR count). The number of rotatable bonds is 1. The van der Waals surface area contributed by atoms with Gasteiger partial charge in [-0.25, -0.2) is 0 Å². The van der Waals surface area contributed by atoms with E-state index in [1.807, 2.05) is 0 Å². The molecule has 2 nitrogen and oxygen atoms in total. The summed E-state index contributed by atoms with van der Waals surface area (Å²) in [5.41, 5.74) is 7.62. The van der Waals surface area contributed by atoms with Gasteiger partial charge in [-0.2, -0.15) is 0 Å². The van der Waals surface area contributed by atoms with Gasteiger partial charge in [0.25, 0.3) is 0 Å². The highest BCUT2D eigenvalue weighted by Gasteiger charge is 2.37. The quantitative estimate of drug-likeness (QED) is 0.827. The van der Waals surface area contributed by atoms with Crippen LogP contribution >= 0.6 is 15.9 Å². The normalized spacial score (nSPS) is 28.9. The molecule has 2 atom stereocenters. The van der Waals surface area contributed by atoms with E-state index < -0.39 is 0 Å². The van der Waals surface area contributed by atoms with Gasteiger partial charge in [0.1, 0.15) is 0 Å². The summed E-state index contributed by atoms with van der Waals surface area (Å²) in [5.74, 6) is 0. The van der Waals surface area contributed by atoms with E-state index in [2.05, 4.69) is 57.2 Å². The van der Waals surface area contributed by atoms with Gasteiger partial charge in [0, 0.05) is 28.3 Å². The van der Waals surface area contributed by atoms with Crippen molar-refractivity contribution in [1.29, 1.82) is 0 Å². The van der Waals surface area contributed by atoms with Crippen LogP contribution in [0.1, 0.15) is 32.1 Å². The van der Waals surface area contributed by atoms with Crippen molar-refractivity contribution in [3.8, 4) is 0 Å². The summed E-state index contributed by atoms with van der Waals surface area (Å²) in [4.78, 5) is 2.66. The SMILES string of the molecule is NC1CC2CCCC(C1)N2c1ccc2cc(Br)ccc2c1. The van der Waals surface area contributed by atoms with Crippen LogP contribution in [0.2, 0.25) is 0 Å². The van der Waals surface area contributed by atoms with Crippen molar-refractivity contribution >= 4 is 32.4 Å². The first-order valence-corrected chi connectivity index (χ1v) is 8.73. The summed E-state index contributed by atoms with van der Waals surface area (Å²) in [5, 5.41) is 2.62. The zero-order chi connectivity index (χ0) is 14.4. The lowest BCUT2D eigenvalue weighted by atomic mass is 9.81. The summed E-state index contributed by atoms with van der Waals surface area (Å²) >= 11 is 3.55. The summed E-state index contributed by atoms with van der Waals surface area (Å²) < 4.78 is 1.14. The zero-order valence-electron chi connectivity index (χ0n) is 12.1. The summed E-state index contributed by atoms with van der Waals surface area (Å²) in [6, 6.07) is 15.1. The molecule has 110 valence electrons. The van der Waals surface area contributed by atoms with E-state index in [0.717, 1.165) is 17.3 Å². The lowest BCUT2D eigenvalue weighted by Crippen LogP contribution is -2.55. The molecule has 2 aliphatic rings. The van der Waals surface area contributed by atoms with Crippen LogP contribution in [0.3, 0.4) is 0 Å². The van der Waals surface area contributed by atoms with E-state index in [1.165, 1.54) is 35.7 Å². The number of nitrogens with two attached hydrogens (primary N) is 1. The van der Waals surface area contributed by atoms with Crippen LogP contribution in [-0.2, 0) is 0 Å². The number of piperidine rings is 2. The number of nitrogens with zero attached hydrogens (tertiary/aromatic N) is 1. The van der Waals surface area contributed by atoms with Crippen LogP contribution < -0.4 is 10.6 Å². The molecular weight excluding hydrogens is 324 g/mol. The highest BCUT2D eigenvalue weighted by atomic mass is 79.9. The van der Waals surface area contributed by atoms with E-state index in [-0.39, 0.29) is 0 Å². The van der Waals surface area contributed by atoms with Gasteiger partial charge >= 0.3 is 0 Å². The molecule has 2 aromatic rings. The second kappa shape index (κ2) is 5.29. The molecular formula is C18H21BrN2. The minimum absolute atomic E-state index is 0.396. The molecule has 2 fully saturated rings. The maximum Gasteiger partial charge on any atom is 0.0377 e. The van der Waals surface area contributed by atoms with Gasteiger partial charge in [-0.1, -0.05) is 28.1 Å². The number of fused-ring (bicyclic) bond motifs is 3. The standard InChI is InChI=1S/C18H21BrN2/c19-14-6-4-13-9-18(7-5-12(13)8-14)21-16-2-1-3-17(21)11-15(20)10-16/h4-9,15-17H,1-3,10-11,20H2. The minimum Gasteiger partial charge on any atom is -0.365 e. The van der Waals surface area contributed by atoms with Gasteiger partial charge in [0.2, 0.25) is 0 Å². The number of benzene rings is 2. The van der Waals surface area contributed by atoms with Crippen molar-refractivity contribution in [3.05, 3.63) is 40.9 Å².